The van der Waals surface area contributed by atoms with Crippen molar-refractivity contribution < 1.29 is 28.5 Å². The molecule has 0 aliphatic carbocycles. The van der Waals surface area contributed by atoms with Crippen LogP contribution in [0.2, 0.25) is 5.02 Å². The molecule has 1 amide bonds. The van der Waals surface area contributed by atoms with E-state index in [1.165, 1.54) is 26.4 Å². The molecule has 1 N–H and O–H groups in total. The minimum Gasteiger partial charge on any atom is -0.495 e. The molecule has 0 aliphatic rings. The fourth-order valence-electron chi connectivity index (χ4n) is 2.40. The van der Waals surface area contributed by atoms with E-state index in [0.717, 1.165) is 0 Å². The third-order valence-electron chi connectivity index (χ3n) is 3.68. The molecule has 0 heterocycles. The molecule has 0 aliphatic heterocycles. The lowest BCUT2D eigenvalue weighted by Gasteiger charge is -2.11. The SMILES string of the molecule is CCOc1c(Cl)cc(/C=C/C(=O)OCC(=O)Nc2ccccc2OC)cc1OC. The highest BCUT2D eigenvalue weighted by Crippen LogP contribution is 2.36. The highest BCUT2D eigenvalue weighted by molar-refractivity contribution is 6.32. The zero-order chi connectivity index (χ0) is 21.2. The zero-order valence-electron chi connectivity index (χ0n) is 16.4. The van der Waals surface area contributed by atoms with Gasteiger partial charge in [0.15, 0.2) is 18.1 Å². The molecule has 0 aromatic heterocycles. The van der Waals surface area contributed by atoms with Crippen LogP contribution in [0.3, 0.4) is 0 Å². The molecule has 29 heavy (non-hydrogen) atoms. The Labute approximate surface area is 174 Å². The summed E-state index contributed by atoms with van der Waals surface area (Å²) < 4.78 is 20.8. The highest BCUT2D eigenvalue weighted by Gasteiger charge is 2.12. The van der Waals surface area contributed by atoms with Crippen molar-refractivity contribution in [1.82, 2.24) is 0 Å². The van der Waals surface area contributed by atoms with Gasteiger partial charge in [0.2, 0.25) is 0 Å². The Hall–Kier alpha value is -3.19. The van der Waals surface area contributed by atoms with Crippen LogP contribution in [0.25, 0.3) is 6.08 Å². The number of amides is 1. The first-order valence-electron chi connectivity index (χ1n) is 8.76. The number of nitrogens with one attached hydrogen (secondary N) is 1. The summed E-state index contributed by atoms with van der Waals surface area (Å²) in [6.07, 6.45) is 2.70. The lowest BCUT2D eigenvalue weighted by Crippen LogP contribution is -2.20. The van der Waals surface area contributed by atoms with Gasteiger partial charge in [-0.25, -0.2) is 4.79 Å². The Morgan fingerprint density at radius 2 is 1.83 bits per heavy atom. The summed E-state index contributed by atoms with van der Waals surface area (Å²) in [4.78, 5) is 23.9. The number of benzene rings is 2. The van der Waals surface area contributed by atoms with Crippen LogP contribution >= 0.6 is 11.6 Å². The number of esters is 1. The van der Waals surface area contributed by atoms with Crippen LogP contribution in [-0.4, -0.2) is 39.3 Å². The van der Waals surface area contributed by atoms with Gasteiger partial charge in [0.25, 0.3) is 5.91 Å². The third-order valence-corrected chi connectivity index (χ3v) is 3.96. The van der Waals surface area contributed by atoms with E-state index >= 15 is 0 Å². The quantitative estimate of drug-likeness (QED) is 0.489. The van der Waals surface area contributed by atoms with Crippen LogP contribution < -0.4 is 19.5 Å². The molecule has 0 fully saturated rings. The largest absolute Gasteiger partial charge is 0.495 e. The van der Waals surface area contributed by atoms with Gasteiger partial charge < -0.3 is 24.3 Å². The standard InChI is InChI=1S/C21H22ClNO6/c1-4-28-21-15(22)11-14(12-18(21)27-3)9-10-20(25)29-13-19(24)23-16-7-5-6-8-17(16)26-2/h5-12H,4,13H2,1-3H3,(H,23,24)/b10-9+. The van der Waals surface area contributed by atoms with Gasteiger partial charge in [-0.3, -0.25) is 4.79 Å². The maximum atomic E-state index is 12.0. The first kappa shape index (κ1) is 22.1. The first-order chi connectivity index (χ1) is 14.0. The fraction of sp³-hybridized carbons (Fsp3) is 0.238. The van der Waals surface area contributed by atoms with Crippen molar-refractivity contribution in [3.63, 3.8) is 0 Å². The van der Waals surface area contributed by atoms with Crippen molar-refractivity contribution in [1.29, 1.82) is 0 Å². The van der Waals surface area contributed by atoms with Crippen LogP contribution in [-0.2, 0) is 14.3 Å². The summed E-state index contributed by atoms with van der Waals surface area (Å²) in [5.74, 6) is 0.229. The number of hydrogen-bond donors (Lipinski definition) is 1. The summed E-state index contributed by atoms with van der Waals surface area (Å²) in [6, 6.07) is 10.2. The van der Waals surface area contributed by atoms with E-state index in [9.17, 15) is 9.59 Å². The Bertz CT molecular complexity index is 897. The number of carbonyl (C=O) groups is 2. The van der Waals surface area contributed by atoms with E-state index in [-0.39, 0.29) is 0 Å². The number of hydrogen-bond acceptors (Lipinski definition) is 6. The smallest absolute Gasteiger partial charge is 0.331 e. The van der Waals surface area contributed by atoms with E-state index in [4.69, 9.17) is 30.5 Å². The van der Waals surface area contributed by atoms with Crippen LogP contribution in [0, 0.1) is 0 Å². The number of anilines is 1. The molecule has 0 spiro atoms. The van der Waals surface area contributed by atoms with Crippen molar-refractivity contribution in [3.05, 3.63) is 53.1 Å². The monoisotopic (exact) mass is 419 g/mol. The fourth-order valence-corrected chi connectivity index (χ4v) is 2.68. The molecule has 0 bridgehead atoms. The van der Waals surface area contributed by atoms with Crippen molar-refractivity contribution in [2.24, 2.45) is 0 Å². The average Bonchev–Trinajstić information content (AvgIpc) is 2.72. The molecule has 0 atom stereocenters. The normalized spacial score (nSPS) is 10.5. The van der Waals surface area contributed by atoms with Gasteiger partial charge in [-0.2, -0.15) is 0 Å². The van der Waals surface area contributed by atoms with E-state index in [0.29, 0.717) is 40.1 Å². The number of rotatable bonds is 9. The molecule has 0 unspecified atom stereocenters. The molecule has 0 saturated heterocycles. The highest BCUT2D eigenvalue weighted by atomic mass is 35.5. The van der Waals surface area contributed by atoms with E-state index in [1.54, 1.807) is 36.4 Å². The maximum Gasteiger partial charge on any atom is 0.331 e. The molecule has 154 valence electrons. The van der Waals surface area contributed by atoms with Crippen LogP contribution in [0.5, 0.6) is 17.2 Å². The second-order valence-electron chi connectivity index (χ2n) is 5.66. The molecule has 2 rings (SSSR count). The van der Waals surface area contributed by atoms with Crippen LogP contribution in [0.4, 0.5) is 5.69 Å². The summed E-state index contributed by atoms with van der Waals surface area (Å²) in [5, 5.41) is 2.98. The number of methoxy groups -OCH3 is 2. The number of para-hydroxylation sites is 2. The third kappa shape index (κ3) is 6.43. The molecule has 8 heteroatoms. The topological polar surface area (TPSA) is 83.1 Å². The molecule has 2 aromatic rings. The van der Waals surface area contributed by atoms with Crippen molar-refractivity contribution >= 4 is 35.2 Å². The van der Waals surface area contributed by atoms with Crippen LogP contribution in [0.15, 0.2) is 42.5 Å². The summed E-state index contributed by atoms with van der Waals surface area (Å²) in [5.41, 5.74) is 1.11. The first-order valence-corrected chi connectivity index (χ1v) is 9.14. The predicted molar refractivity (Wildman–Crippen MR) is 111 cm³/mol. The number of halogens is 1. The minimum absolute atomic E-state index is 0.357. The van der Waals surface area contributed by atoms with Gasteiger partial charge in [-0.1, -0.05) is 23.7 Å². The van der Waals surface area contributed by atoms with Crippen molar-refractivity contribution in [3.8, 4) is 17.2 Å². The van der Waals surface area contributed by atoms with Crippen molar-refractivity contribution in [2.75, 3.05) is 32.8 Å². The Morgan fingerprint density at radius 1 is 1.10 bits per heavy atom. The minimum atomic E-state index is -0.677. The molecule has 0 saturated carbocycles. The maximum absolute atomic E-state index is 12.0. The van der Waals surface area contributed by atoms with E-state index in [2.05, 4.69) is 5.32 Å². The molecule has 0 radical (unpaired) electrons. The van der Waals surface area contributed by atoms with Crippen LogP contribution in [0.1, 0.15) is 12.5 Å². The number of carbonyl (C=O) groups excluding carboxylic acids is 2. The van der Waals surface area contributed by atoms with E-state index in [1.807, 2.05) is 6.92 Å². The molecule has 2 aromatic carbocycles. The van der Waals surface area contributed by atoms with E-state index < -0.39 is 18.5 Å². The Balaban J connectivity index is 1.94. The lowest BCUT2D eigenvalue weighted by atomic mass is 10.2. The second-order valence-corrected chi connectivity index (χ2v) is 6.06. The van der Waals surface area contributed by atoms with Gasteiger partial charge in [0.05, 0.1) is 31.5 Å². The molecule has 7 nitrogen and oxygen atoms in total. The van der Waals surface area contributed by atoms with Gasteiger partial charge >= 0.3 is 5.97 Å². The summed E-state index contributed by atoms with van der Waals surface area (Å²) in [6.45, 7) is 1.84. The Morgan fingerprint density at radius 3 is 2.52 bits per heavy atom. The molecular weight excluding hydrogens is 398 g/mol. The zero-order valence-corrected chi connectivity index (χ0v) is 17.1. The van der Waals surface area contributed by atoms with Gasteiger partial charge in [-0.15, -0.1) is 0 Å². The van der Waals surface area contributed by atoms with Crippen molar-refractivity contribution in [2.45, 2.75) is 6.92 Å². The summed E-state index contributed by atoms with van der Waals surface area (Å²) in [7, 11) is 2.99. The second kappa shape index (κ2) is 11.0. The van der Waals surface area contributed by atoms with Gasteiger partial charge in [0, 0.05) is 6.08 Å². The average molecular weight is 420 g/mol. The predicted octanol–water partition coefficient (Wildman–Crippen LogP) is 3.95. The lowest BCUT2D eigenvalue weighted by molar-refractivity contribution is -0.142. The summed E-state index contributed by atoms with van der Waals surface area (Å²) >= 11 is 6.19. The van der Waals surface area contributed by atoms with Gasteiger partial charge in [-0.05, 0) is 42.8 Å². The number of ether oxygens (including phenoxy) is 4. The van der Waals surface area contributed by atoms with Gasteiger partial charge in [0.1, 0.15) is 5.75 Å². The molecular formula is C21H22ClNO6. The Kier molecular flexibility index (Phi) is 8.36.